The first-order valence-electron chi connectivity index (χ1n) is 26.0. The van der Waals surface area contributed by atoms with Crippen LogP contribution in [0.4, 0.5) is 0 Å². The molecule has 0 bridgehead atoms. The van der Waals surface area contributed by atoms with E-state index in [1.54, 1.807) is 0 Å². The molecule has 4 heteroatoms. The van der Waals surface area contributed by atoms with Crippen LogP contribution in [-0.2, 0) is 5.41 Å². The molecule has 0 unspecified atom stereocenters. The lowest BCUT2D eigenvalue weighted by Gasteiger charge is -2.33. The molecule has 0 saturated heterocycles. The smallest absolute Gasteiger partial charge is 0.198 e. The van der Waals surface area contributed by atoms with Gasteiger partial charge in [0, 0.05) is 27.7 Å². The maximum Gasteiger partial charge on any atom is 0.198 e. The van der Waals surface area contributed by atoms with Crippen molar-refractivity contribution in [1.29, 1.82) is 0 Å². The molecular formula is C65H66N4. The predicted molar refractivity (Wildman–Crippen MR) is 291 cm³/mol. The molecule has 0 fully saturated rings. The highest BCUT2D eigenvalue weighted by atomic mass is 15.0. The Morgan fingerprint density at radius 2 is 0.754 bits per heavy atom. The van der Waals surface area contributed by atoms with Gasteiger partial charge in [0.1, 0.15) is 0 Å². The van der Waals surface area contributed by atoms with E-state index in [2.05, 4.69) is 173 Å². The van der Waals surface area contributed by atoms with E-state index in [4.69, 9.17) is 19.9 Å². The Morgan fingerprint density at radius 1 is 0.333 bits per heavy atom. The summed E-state index contributed by atoms with van der Waals surface area (Å²) < 4.78 is 0. The van der Waals surface area contributed by atoms with Crippen molar-refractivity contribution in [2.24, 2.45) is 0 Å². The predicted octanol–water partition coefficient (Wildman–Crippen LogP) is 18.3. The normalized spacial score (nSPS) is 12.7. The van der Waals surface area contributed by atoms with Gasteiger partial charge in [0.05, 0.1) is 22.8 Å². The maximum atomic E-state index is 5.49. The maximum absolute atomic E-state index is 5.49. The highest BCUT2D eigenvalue weighted by Crippen LogP contribution is 2.55. The summed E-state index contributed by atoms with van der Waals surface area (Å²) in [5.74, 6) is 1.02. The highest BCUT2D eigenvalue weighted by molar-refractivity contribution is 6.00. The number of hydrogen-bond acceptors (Lipinski definition) is 4. The Kier molecular flexibility index (Phi) is 13.9. The van der Waals surface area contributed by atoms with E-state index in [-0.39, 0.29) is 5.41 Å². The monoisotopic (exact) mass is 903 g/mol. The second kappa shape index (κ2) is 20.8. The molecule has 7 aromatic carbocycles. The largest absolute Gasteiger partial charge is 0.225 e. The lowest BCUT2D eigenvalue weighted by atomic mass is 9.70. The van der Waals surface area contributed by atoms with Crippen LogP contribution in [0.25, 0.3) is 89.4 Å². The van der Waals surface area contributed by atoms with Gasteiger partial charge in [0.2, 0.25) is 0 Å². The fourth-order valence-corrected chi connectivity index (χ4v) is 11.0. The Hall–Kier alpha value is -6.78. The summed E-state index contributed by atoms with van der Waals surface area (Å²) in [6.45, 7) is 9.05. The number of nitrogens with zero attached hydrogens (tertiary/aromatic N) is 4. The van der Waals surface area contributed by atoms with E-state index in [0.29, 0.717) is 11.6 Å². The summed E-state index contributed by atoms with van der Waals surface area (Å²) >= 11 is 0. The molecule has 0 radical (unpaired) electrons. The number of hydrogen-bond donors (Lipinski definition) is 0. The standard InChI is InChI=1S/C65H66N4/c1-5-7-9-11-13-21-35-65(36-22-14-12-10-8-6-2)57-38-46(4)28-33-55(57)56-34-32-52(42-58(56)65)62-44-61(51-31-30-50-39-53-37-45(3)27-29-49(53)40-54(50)41-51)68-64(69-62)63-66-59(47-23-17-15-18-24-47)43-60(67-63)48-25-19-16-20-26-48/h15-20,23-34,37-44H,5-14,21-22,35-36H2,1-4H3. The number of aromatic nitrogens is 4. The zero-order chi connectivity index (χ0) is 47.2. The van der Waals surface area contributed by atoms with Crippen LogP contribution < -0.4 is 0 Å². The molecule has 10 rings (SSSR count). The highest BCUT2D eigenvalue weighted by Gasteiger charge is 2.42. The summed E-state index contributed by atoms with van der Waals surface area (Å²) in [5.41, 5.74) is 15.9. The first-order chi connectivity index (χ1) is 33.9. The third kappa shape index (κ3) is 9.91. The van der Waals surface area contributed by atoms with Gasteiger partial charge in [-0.25, -0.2) is 19.9 Å². The average Bonchev–Trinajstić information content (AvgIpc) is 3.65. The summed E-state index contributed by atoms with van der Waals surface area (Å²) in [6.07, 6.45) is 17.8. The Morgan fingerprint density at radius 3 is 1.32 bits per heavy atom. The van der Waals surface area contributed by atoms with Gasteiger partial charge in [-0.05, 0) is 107 Å². The SMILES string of the molecule is CCCCCCCCC1(CCCCCCCC)c2cc(C)ccc2-c2ccc(-c3cc(-c4ccc5cc6cc(C)ccc6cc5c4)nc(-c4nc(-c5ccccc5)cc(-c5ccccc5)n4)n3)cc21. The van der Waals surface area contributed by atoms with Crippen molar-refractivity contribution in [2.75, 3.05) is 0 Å². The Bertz CT molecular complexity index is 3150. The minimum Gasteiger partial charge on any atom is -0.225 e. The van der Waals surface area contributed by atoms with Gasteiger partial charge in [0.15, 0.2) is 11.6 Å². The molecule has 0 N–H and O–H groups in total. The van der Waals surface area contributed by atoms with Crippen LogP contribution in [0.3, 0.4) is 0 Å². The van der Waals surface area contributed by atoms with Gasteiger partial charge in [-0.15, -0.1) is 0 Å². The molecular weight excluding hydrogens is 837 g/mol. The molecule has 9 aromatic rings. The van der Waals surface area contributed by atoms with Crippen molar-refractivity contribution < 1.29 is 0 Å². The van der Waals surface area contributed by atoms with Crippen molar-refractivity contribution in [3.05, 3.63) is 180 Å². The van der Waals surface area contributed by atoms with Crippen molar-refractivity contribution in [3.8, 4) is 67.8 Å². The first-order valence-corrected chi connectivity index (χ1v) is 26.0. The molecule has 1 aliphatic carbocycles. The number of rotatable bonds is 19. The third-order valence-electron chi connectivity index (χ3n) is 14.8. The van der Waals surface area contributed by atoms with Crippen LogP contribution in [-0.4, -0.2) is 19.9 Å². The summed E-state index contributed by atoms with van der Waals surface area (Å²) in [7, 11) is 0. The van der Waals surface area contributed by atoms with E-state index in [1.165, 1.54) is 132 Å². The summed E-state index contributed by atoms with van der Waals surface area (Å²) in [6, 6.07) is 57.5. The lowest BCUT2D eigenvalue weighted by molar-refractivity contribution is 0.398. The first kappa shape index (κ1) is 46.0. The lowest BCUT2D eigenvalue weighted by Crippen LogP contribution is -2.25. The van der Waals surface area contributed by atoms with Gasteiger partial charge in [0.25, 0.3) is 0 Å². The van der Waals surface area contributed by atoms with Crippen molar-refractivity contribution in [2.45, 2.75) is 123 Å². The van der Waals surface area contributed by atoms with Crippen LogP contribution in [0.5, 0.6) is 0 Å². The van der Waals surface area contributed by atoms with E-state index < -0.39 is 0 Å². The second-order valence-electron chi connectivity index (χ2n) is 19.8. The van der Waals surface area contributed by atoms with Gasteiger partial charge >= 0.3 is 0 Å². The van der Waals surface area contributed by atoms with E-state index in [9.17, 15) is 0 Å². The van der Waals surface area contributed by atoms with Gasteiger partial charge in [-0.3, -0.25) is 0 Å². The number of fused-ring (bicyclic) bond motifs is 5. The molecule has 4 nitrogen and oxygen atoms in total. The summed E-state index contributed by atoms with van der Waals surface area (Å²) in [5, 5.41) is 4.87. The topological polar surface area (TPSA) is 51.6 Å². The molecule has 0 amide bonds. The minimum absolute atomic E-state index is 0.0573. The fraction of sp³-hybridized carbons (Fsp3) is 0.292. The number of unbranched alkanes of at least 4 members (excludes halogenated alkanes) is 10. The second-order valence-corrected chi connectivity index (χ2v) is 19.8. The Labute approximate surface area is 410 Å². The van der Waals surface area contributed by atoms with E-state index >= 15 is 0 Å². The van der Waals surface area contributed by atoms with Crippen molar-refractivity contribution in [1.82, 2.24) is 19.9 Å². The zero-order valence-corrected chi connectivity index (χ0v) is 41.2. The summed E-state index contributed by atoms with van der Waals surface area (Å²) in [4.78, 5) is 21.4. The van der Waals surface area contributed by atoms with E-state index in [1.807, 2.05) is 12.1 Å². The van der Waals surface area contributed by atoms with Crippen molar-refractivity contribution >= 4 is 21.5 Å². The van der Waals surface area contributed by atoms with Crippen LogP contribution in [0.1, 0.15) is 126 Å². The molecule has 346 valence electrons. The van der Waals surface area contributed by atoms with Crippen LogP contribution in [0.2, 0.25) is 0 Å². The van der Waals surface area contributed by atoms with Gasteiger partial charge in [-0.1, -0.05) is 223 Å². The molecule has 2 heterocycles. The molecule has 0 aliphatic heterocycles. The van der Waals surface area contributed by atoms with E-state index in [0.717, 1.165) is 57.9 Å². The quantitative estimate of drug-likeness (QED) is 0.0599. The van der Waals surface area contributed by atoms with Crippen LogP contribution in [0, 0.1) is 13.8 Å². The minimum atomic E-state index is -0.0573. The van der Waals surface area contributed by atoms with Crippen LogP contribution in [0.15, 0.2) is 158 Å². The van der Waals surface area contributed by atoms with Gasteiger partial charge < -0.3 is 0 Å². The van der Waals surface area contributed by atoms with Crippen LogP contribution >= 0.6 is 0 Å². The third-order valence-corrected chi connectivity index (χ3v) is 14.8. The molecule has 1 aliphatic rings. The number of benzene rings is 7. The molecule has 0 spiro atoms. The molecule has 69 heavy (non-hydrogen) atoms. The van der Waals surface area contributed by atoms with Crippen molar-refractivity contribution in [3.63, 3.8) is 0 Å². The number of aryl methyl sites for hydroxylation is 2. The molecule has 0 atom stereocenters. The molecule has 2 aromatic heterocycles. The Balaban J connectivity index is 1.14. The fourth-order valence-electron chi connectivity index (χ4n) is 11.0. The zero-order valence-electron chi connectivity index (χ0n) is 41.2. The van der Waals surface area contributed by atoms with Gasteiger partial charge in [-0.2, -0.15) is 0 Å². The average molecular weight is 903 g/mol. The molecule has 0 saturated carbocycles.